The first-order valence-electron chi connectivity index (χ1n) is 17.1. The first-order valence-corrected chi connectivity index (χ1v) is 17.1. The number of likely N-dealkylation sites (N-methyl/N-ethyl adjacent to an activating group) is 1. The fourth-order valence-corrected chi connectivity index (χ4v) is 6.19. The molecule has 0 saturated carbocycles. The summed E-state index contributed by atoms with van der Waals surface area (Å²) in [5.74, 6) is -2.91. The first kappa shape index (κ1) is 38.6. The number of nitrogens with zero attached hydrogens (tertiary/aromatic N) is 1. The number of benzene rings is 2. The molecule has 0 amide bonds. The second kappa shape index (κ2) is 17.6. The molecular weight excluding hydrogens is 664 g/mol. The highest BCUT2D eigenvalue weighted by atomic mass is 17.2. The Bertz CT molecular complexity index is 1970. The third kappa shape index (κ3) is 8.24. The lowest BCUT2D eigenvalue weighted by Gasteiger charge is -2.45. The zero-order valence-electron chi connectivity index (χ0n) is 29.5. The third-order valence-electron chi connectivity index (χ3n) is 8.38. The number of carbonyl (C=O) groups is 3. The number of fused-ring (bicyclic) bond motifs is 2. The number of hydrogen-bond donors (Lipinski definition) is 1. The Morgan fingerprint density at radius 3 is 1.82 bits per heavy atom. The summed E-state index contributed by atoms with van der Waals surface area (Å²) in [7, 11) is 0. The van der Waals surface area contributed by atoms with E-state index in [0.717, 1.165) is 12.1 Å². The fourth-order valence-electron chi connectivity index (χ4n) is 6.19. The molecule has 2 aromatic heterocycles. The number of nitrogens with two attached hydrogens (primary N) is 1. The van der Waals surface area contributed by atoms with E-state index in [1.54, 1.807) is 26.0 Å². The summed E-state index contributed by atoms with van der Waals surface area (Å²) >= 11 is 0. The zero-order chi connectivity index (χ0) is 37.1. The van der Waals surface area contributed by atoms with Gasteiger partial charge in [0.25, 0.3) is 0 Å². The van der Waals surface area contributed by atoms with Crippen LogP contribution in [0.25, 0.3) is 21.9 Å². The minimum atomic E-state index is -1.48. The predicted molar refractivity (Wildman–Crippen MR) is 187 cm³/mol. The van der Waals surface area contributed by atoms with E-state index in [9.17, 15) is 24.0 Å². The van der Waals surface area contributed by atoms with Crippen molar-refractivity contribution in [2.75, 3.05) is 32.8 Å². The van der Waals surface area contributed by atoms with E-state index in [1.807, 2.05) is 25.7 Å². The number of rotatable bonds is 18. The summed E-state index contributed by atoms with van der Waals surface area (Å²) in [6.07, 6.45) is 0.559. The summed E-state index contributed by atoms with van der Waals surface area (Å²) in [5, 5.41) is 0.0189. The number of carbonyl (C=O) groups excluding carboxylic acids is 3. The molecule has 0 aliphatic heterocycles. The van der Waals surface area contributed by atoms with Crippen molar-refractivity contribution < 1.29 is 47.2 Å². The van der Waals surface area contributed by atoms with Crippen molar-refractivity contribution >= 4 is 39.8 Å². The Labute approximate surface area is 294 Å². The summed E-state index contributed by atoms with van der Waals surface area (Å²) in [4.78, 5) is 78.8. The largest absolute Gasteiger partial charge is 0.487 e. The van der Waals surface area contributed by atoms with Gasteiger partial charge in [-0.1, -0.05) is 39.3 Å². The molecule has 14 nitrogen and oxygen atoms in total. The molecule has 0 bridgehead atoms. The minimum absolute atomic E-state index is 0.0210. The Kier molecular flexibility index (Phi) is 13.3. The van der Waals surface area contributed by atoms with Gasteiger partial charge in [-0.3, -0.25) is 19.4 Å². The summed E-state index contributed by atoms with van der Waals surface area (Å²) in [5.41, 5.74) is 3.44. The van der Waals surface area contributed by atoms with Gasteiger partial charge in [-0.15, -0.1) is 0 Å². The summed E-state index contributed by atoms with van der Waals surface area (Å²) in [6.45, 7) is 10.2. The second-order valence-corrected chi connectivity index (χ2v) is 11.5. The molecule has 0 spiro atoms. The first-order chi connectivity index (χ1) is 24.6. The number of esters is 2. The molecule has 14 heteroatoms. The molecule has 0 fully saturated rings. The van der Waals surface area contributed by atoms with Gasteiger partial charge in [-0.25, -0.2) is 19.3 Å². The molecular formula is C37H44N2O12. The molecule has 0 aliphatic rings. The molecule has 2 atom stereocenters. The van der Waals surface area contributed by atoms with E-state index >= 15 is 0 Å². The molecule has 0 aliphatic carbocycles. The Hall–Kier alpha value is -5.21. The van der Waals surface area contributed by atoms with E-state index in [2.05, 4.69) is 0 Å². The molecule has 4 rings (SSSR count). The van der Waals surface area contributed by atoms with Crippen molar-refractivity contribution in [2.24, 2.45) is 5.73 Å². The van der Waals surface area contributed by atoms with Crippen molar-refractivity contribution in [1.29, 1.82) is 0 Å². The molecule has 0 saturated heterocycles. The van der Waals surface area contributed by atoms with Crippen molar-refractivity contribution in [1.82, 2.24) is 4.90 Å². The maximum Gasteiger partial charge on any atom is 0.379 e. The smallest absolute Gasteiger partial charge is 0.379 e. The van der Waals surface area contributed by atoms with E-state index in [4.69, 9.17) is 38.6 Å². The van der Waals surface area contributed by atoms with Crippen LogP contribution in [0.15, 0.2) is 67.0 Å². The Morgan fingerprint density at radius 2 is 1.33 bits per heavy atom. The number of ether oxygens (including phenoxy) is 3. The van der Waals surface area contributed by atoms with Crippen LogP contribution in [0, 0.1) is 0 Å². The Balaban J connectivity index is 1.79. The third-order valence-corrected chi connectivity index (χ3v) is 8.38. The summed E-state index contributed by atoms with van der Waals surface area (Å²) in [6, 6.07) is 11.2. The highest BCUT2D eigenvalue weighted by Crippen LogP contribution is 2.36. The molecule has 2 heterocycles. The monoisotopic (exact) mass is 708 g/mol. The average Bonchev–Trinajstić information content (AvgIpc) is 3.12. The van der Waals surface area contributed by atoms with Crippen LogP contribution < -0.4 is 26.2 Å². The van der Waals surface area contributed by atoms with Crippen LogP contribution in [0.4, 0.5) is 0 Å². The SMILES string of the molecule is CCC[C@@](C(=O)OOc1cccc2oc(C(=O)OCC)cc(=O)c12)(C(CCCN)Oc1cccc2oc(C(=O)OCC)cc(=O)c12)N(CC)CC. The van der Waals surface area contributed by atoms with Crippen LogP contribution >= 0.6 is 0 Å². The van der Waals surface area contributed by atoms with E-state index in [1.165, 1.54) is 24.3 Å². The summed E-state index contributed by atoms with van der Waals surface area (Å²) < 4.78 is 28.0. The van der Waals surface area contributed by atoms with Gasteiger partial charge in [0.2, 0.25) is 11.5 Å². The lowest BCUT2D eigenvalue weighted by atomic mass is 9.82. The van der Waals surface area contributed by atoms with Gasteiger partial charge in [0.1, 0.15) is 33.8 Å². The van der Waals surface area contributed by atoms with Crippen molar-refractivity contribution in [3.63, 3.8) is 0 Å². The fraction of sp³-hybridized carbons (Fsp3) is 0.432. The highest BCUT2D eigenvalue weighted by Gasteiger charge is 2.53. The van der Waals surface area contributed by atoms with E-state index < -0.39 is 40.4 Å². The van der Waals surface area contributed by atoms with Crippen molar-refractivity contribution in [3.05, 3.63) is 80.5 Å². The lowest BCUT2D eigenvalue weighted by molar-refractivity contribution is -0.233. The minimum Gasteiger partial charge on any atom is -0.487 e. The van der Waals surface area contributed by atoms with Crippen molar-refractivity contribution in [3.8, 4) is 11.5 Å². The molecule has 51 heavy (non-hydrogen) atoms. The molecule has 2 aromatic carbocycles. The van der Waals surface area contributed by atoms with Crippen LogP contribution in [-0.4, -0.2) is 67.3 Å². The van der Waals surface area contributed by atoms with Crippen molar-refractivity contribution in [2.45, 2.75) is 71.9 Å². The molecule has 0 radical (unpaired) electrons. The molecule has 4 aromatic rings. The van der Waals surface area contributed by atoms with Gasteiger partial charge in [-0.2, -0.15) is 0 Å². The predicted octanol–water partition coefficient (Wildman–Crippen LogP) is 5.16. The topological polar surface area (TPSA) is 187 Å². The lowest BCUT2D eigenvalue weighted by Crippen LogP contribution is -2.64. The normalized spacial score (nSPS) is 13.1. The van der Waals surface area contributed by atoms with Crippen LogP contribution in [-0.2, 0) is 19.2 Å². The van der Waals surface area contributed by atoms with Gasteiger partial charge < -0.3 is 28.8 Å². The quantitative estimate of drug-likeness (QED) is 0.0811. The van der Waals surface area contributed by atoms with Crippen LogP contribution in [0.5, 0.6) is 11.5 Å². The van der Waals surface area contributed by atoms with Gasteiger partial charge in [-0.05, 0) is 77.0 Å². The second-order valence-electron chi connectivity index (χ2n) is 11.5. The molecule has 274 valence electrons. The molecule has 2 N–H and O–H groups in total. The average molecular weight is 709 g/mol. The van der Waals surface area contributed by atoms with Gasteiger partial charge in [0, 0.05) is 12.1 Å². The van der Waals surface area contributed by atoms with Crippen LogP contribution in [0.2, 0.25) is 0 Å². The van der Waals surface area contributed by atoms with Crippen LogP contribution in [0.1, 0.15) is 81.4 Å². The highest BCUT2D eigenvalue weighted by molar-refractivity contribution is 5.92. The zero-order valence-corrected chi connectivity index (χ0v) is 29.5. The van der Waals surface area contributed by atoms with Crippen LogP contribution in [0.3, 0.4) is 0 Å². The van der Waals surface area contributed by atoms with Gasteiger partial charge in [0.15, 0.2) is 22.1 Å². The Morgan fingerprint density at radius 1 is 0.804 bits per heavy atom. The van der Waals surface area contributed by atoms with Gasteiger partial charge >= 0.3 is 17.9 Å². The maximum atomic E-state index is 14.5. The van der Waals surface area contributed by atoms with Gasteiger partial charge in [0.05, 0.1) is 13.2 Å². The standard InChI is InChI=1S/C37H44N2O12/c1-6-19-37(39(7-2)8-3,36(44)51-50-28-17-12-15-26-33(28)24(41)22-30(48-26)35(43)46-10-5)31(18-13-20-38)49-27-16-11-14-25-32(27)23(40)21-29(47-25)34(42)45-9-4/h11-12,14-17,21-22,31H,6-10,13,18-20,38H2,1-5H3/t31?,37-/m0/s1. The molecule has 1 unspecified atom stereocenters. The number of hydrogen-bond acceptors (Lipinski definition) is 14. The maximum absolute atomic E-state index is 14.5. The van der Waals surface area contributed by atoms with E-state index in [0.29, 0.717) is 25.9 Å². The van der Waals surface area contributed by atoms with E-state index in [-0.39, 0.29) is 77.6 Å².